The van der Waals surface area contributed by atoms with Crippen molar-refractivity contribution in [3.05, 3.63) is 89.7 Å². The monoisotopic (exact) mass is 531 g/mol. The van der Waals surface area contributed by atoms with Crippen molar-refractivity contribution in [3.8, 4) is 11.1 Å². The van der Waals surface area contributed by atoms with Crippen molar-refractivity contribution < 1.29 is 24.5 Å². The third-order valence-electron chi connectivity index (χ3n) is 7.26. The Labute approximate surface area is 229 Å². The van der Waals surface area contributed by atoms with Gasteiger partial charge in [-0.05, 0) is 68.0 Å². The molecule has 2 fully saturated rings. The number of aromatic nitrogens is 1. The van der Waals surface area contributed by atoms with Gasteiger partial charge in [-0.15, -0.1) is 0 Å². The predicted molar refractivity (Wildman–Crippen MR) is 149 cm³/mol. The van der Waals surface area contributed by atoms with Crippen molar-refractivity contribution in [3.63, 3.8) is 0 Å². The maximum atomic E-state index is 13.3. The number of hydrogen-bond donors (Lipinski definition) is 3. The molecule has 0 bridgehead atoms. The summed E-state index contributed by atoms with van der Waals surface area (Å²) in [5.74, 6) is 0.624. The molecular weight excluding hydrogens is 494 g/mol. The zero-order valence-corrected chi connectivity index (χ0v) is 22.7. The third kappa shape index (κ3) is 7.15. The first-order chi connectivity index (χ1) is 18.5. The van der Waals surface area contributed by atoms with Crippen molar-refractivity contribution in [2.24, 2.45) is 5.73 Å². The Hall–Kier alpha value is -3.91. The van der Waals surface area contributed by atoms with Crippen molar-refractivity contribution in [2.45, 2.75) is 69.6 Å². The molecule has 3 aromatic rings. The van der Waals surface area contributed by atoms with Crippen LogP contribution in [0.25, 0.3) is 11.1 Å². The molecule has 206 valence electrons. The molecule has 2 atom stereocenters. The van der Waals surface area contributed by atoms with E-state index >= 15 is 0 Å². The van der Waals surface area contributed by atoms with E-state index in [1.165, 1.54) is 24.1 Å². The van der Waals surface area contributed by atoms with E-state index in [2.05, 4.69) is 47.1 Å². The lowest BCUT2D eigenvalue weighted by Gasteiger charge is -2.45. The summed E-state index contributed by atoms with van der Waals surface area (Å²) in [6.45, 7) is 6.12. The Morgan fingerprint density at radius 1 is 1.13 bits per heavy atom. The second kappa shape index (κ2) is 11.5. The van der Waals surface area contributed by atoms with Gasteiger partial charge in [0.2, 0.25) is 0 Å². The summed E-state index contributed by atoms with van der Waals surface area (Å²) in [7, 11) is 0. The van der Waals surface area contributed by atoms with Crippen LogP contribution in [0.2, 0.25) is 0 Å². The molecule has 0 spiro atoms. The number of rotatable bonds is 7. The first kappa shape index (κ1) is 28.1. The zero-order valence-electron chi connectivity index (χ0n) is 22.7. The molecule has 2 aliphatic rings. The smallest absolute Gasteiger partial charge is 0.411 e. The fraction of sp³-hybridized carbons (Fsp3) is 0.387. The molecule has 1 saturated heterocycles. The highest BCUT2D eigenvalue weighted by atomic mass is 16.6. The van der Waals surface area contributed by atoms with Crippen molar-refractivity contribution in [2.75, 3.05) is 6.54 Å². The summed E-state index contributed by atoms with van der Waals surface area (Å²) in [5, 5.41) is 17.8. The number of ether oxygens (including phenoxy) is 1. The number of carboxylic acid groups (broad SMARTS) is 1. The van der Waals surface area contributed by atoms with Gasteiger partial charge in [0.15, 0.2) is 0 Å². The molecule has 2 heterocycles. The molecule has 1 aliphatic carbocycles. The summed E-state index contributed by atoms with van der Waals surface area (Å²) in [4.78, 5) is 28.4. The van der Waals surface area contributed by atoms with Crippen molar-refractivity contribution in [1.29, 1.82) is 0 Å². The summed E-state index contributed by atoms with van der Waals surface area (Å²) in [6, 6.07) is 22.4. The molecule has 0 unspecified atom stereocenters. The Morgan fingerprint density at radius 2 is 1.77 bits per heavy atom. The fourth-order valence-corrected chi connectivity index (χ4v) is 5.26. The molecular formula is C31H37N3O5. The highest BCUT2D eigenvalue weighted by Crippen LogP contribution is 2.43. The first-order valence-electron chi connectivity index (χ1n) is 13.3. The standard InChI is InChI=1S/C30H34N2O3.CH3NO2/c1-21(22-9-11-23(12-10-22)25-15-17-31-27(19-25)24-13-14-24)32-18-16-30(35-28(32)33,20-29(2,3)34)26-7-5-4-6-8-26;2-1(3)4/h4-12,15,17,19,21,24,34H,13-14,16,18,20H2,1-3H3;2H2,(H,3,4)/t21-,30-;/m0./s1. The van der Waals surface area contributed by atoms with Crippen LogP contribution in [0.15, 0.2) is 72.9 Å². The number of carbonyl (C=O) groups excluding carboxylic acids is 1. The van der Waals surface area contributed by atoms with E-state index in [9.17, 15) is 9.90 Å². The highest BCUT2D eigenvalue weighted by Gasteiger charge is 2.46. The minimum Gasteiger partial charge on any atom is -0.465 e. The molecule has 4 N–H and O–H groups in total. The number of pyridine rings is 1. The Balaban J connectivity index is 0.000000826. The Morgan fingerprint density at radius 3 is 2.33 bits per heavy atom. The lowest BCUT2D eigenvalue weighted by Crippen LogP contribution is -2.51. The molecule has 5 rings (SSSR count). The number of carbonyl (C=O) groups is 2. The van der Waals surface area contributed by atoms with Gasteiger partial charge in [0, 0.05) is 37.2 Å². The SMILES string of the molecule is C[C@@H](c1ccc(-c2ccnc(C3CC3)c2)cc1)N1CC[C@](CC(C)(C)O)(c2ccccc2)OC1=O.NC(=O)O. The van der Waals surface area contributed by atoms with Crippen molar-refractivity contribution in [1.82, 2.24) is 9.88 Å². The molecule has 8 heteroatoms. The van der Waals surface area contributed by atoms with Gasteiger partial charge in [0.05, 0.1) is 11.6 Å². The average Bonchev–Trinajstić information content (AvgIpc) is 3.74. The summed E-state index contributed by atoms with van der Waals surface area (Å²) < 4.78 is 6.15. The molecule has 39 heavy (non-hydrogen) atoms. The van der Waals surface area contributed by atoms with Crippen LogP contribution in [0.3, 0.4) is 0 Å². The van der Waals surface area contributed by atoms with Gasteiger partial charge in [-0.3, -0.25) is 4.98 Å². The number of aliphatic hydroxyl groups is 1. The largest absolute Gasteiger partial charge is 0.465 e. The van der Waals surface area contributed by atoms with E-state index in [0.717, 1.165) is 16.7 Å². The van der Waals surface area contributed by atoms with E-state index < -0.39 is 17.3 Å². The third-order valence-corrected chi connectivity index (χ3v) is 7.26. The second-order valence-corrected chi connectivity index (χ2v) is 11.0. The minimum absolute atomic E-state index is 0.119. The van der Waals surface area contributed by atoms with E-state index in [0.29, 0.717) is 25.3 Å². The molecule has 1 aliphatic heterocycles. The molecule has 1 aromatic heterocycles. The number of cyclic esters (lactones) is 1. The number of nitrogens with zero attached hydrogens (tertiary/aromatic N) is 2. The van der Waals surface area contributed by atoms with Crippen LogP contribution < -0.4 is 5.73 Å². The van der Waals surface area contributed by atoms with Crippen LogP contribution >= 0.6 is 0 Å². The van der Waals surface area contributed by atoms with E-state index in [1.807, 2.05) is 43.5 Å². The molecule has 2 amide bonds. The first-order valence-corrected chi connectivity index (χ1v) is 13.3. The topological polar surface area (TPSA) is 126 Å². The van der Waals surface area contributed by atoms with Gasteiger partial charge >= 0.3 is 12.2 Å². The molecule has 8 nitrogen and oxygen atoms in total. The molecule has 1 saturated carbocycles. The van der Waals surface area contributed by atoms with Gasteiger partial charge in [0.25, 0.3) is 0 Å². The van der Waals surface area contributed by atoms with Crippen LogP contribution in [-0.4, -0.2) is 44.4 Å². The van der Waals surface area contributed by atoms with Gasteiger partial charge < -0.3 is 25.6 Å². The average molecular weight is 532 g/mol. The minimum atomic E-state index is -1.33. The van der Waals surface area contributed by atoms with Crippen LogP contribution in [0.5, 0.6) is 0 Å². The van der Waals surface area contributed by atoms with Gasteiger partial charge in [0.1, 0.15) is 5.60 Å². The number of nitrogens with two attached hydrogens (primary N) is 1. The number of benzene rings is 2. The maximum absolute atomic E-state index is 13.3. The zero-order chi connectivity index (χ0) is 28.2. The van der Waals surface area contributed by atoms with Gasteiger partial charge in [-0.1, -0.05) is 54.6 Å². The van der Waals surface area contributed by atoms with Crippen LogP contribution in [0.4, 0.5) is 9.59 Å². The highest BCUT2D eigenvalue weighted by molar-refractivity contribution is 5.70. The van der Waals surface area contributed by atoms with E-state index in [4.69, 9.17) is 14.6 Å². The van der Waals surface area contributed by atoms with Gasteiger partial charge in [-0.2, -0.15) is 0 Å². The van der Waals surface area contributed by atoms with Crippen LogP contribution in [0.1, 0.15) is 75.2 Å². The fourth-order valence-electron chi connectivity index (χ4n) is 5.26. The lowest BCUT2D eigenvalue weighted by molar-refractivity contribution is -0.101. The molecule has 0 radical (unpaired) electrons. The van der Waals surface area contributed by atoms with Crippen molar-refractivity contribution >= 4 is 12.2 Å². The molecule has 2 aromatic carbocycles. The number of hydrogen-bond acceptors (Lipinski definition) is 5. The summed E-state index contributed by atoms with van der Waals surface area (Å²) in [5.41, 5.74) is 7.73. The predicted octanol–water partition coefficient (Wildman–Crippen LogP) is 6.21. The Kier molecular flexibility index (Phi) is 8.25. The normalized spacial score (nSPS) is 19.9. The van der Waals surface area contributed by atoms with Crippen LogP contribution in [0, 0.1) is 0 Å². The quantitative estimate of drug-likeness (QED) is 0.333. The van der Waals surface area contributed by atoms with E-state index in [1.54, 1.807) is 18.7 Å². The summed E-state index contributed by atoms with van der Waals surface area (Å²) >= 11 is 0. The number of primary amides is 1. The Bertz CT molecular complexity index is 1280. The van der Waals surface area contributed by atoms with E-state index in [-0.39, 0.29) is 12.1 Å². The number of amides is 2. The second-order valence-electron chi connectivity index (χ2n) is 11.0. The van der Waals surface area contributed by atoms with Crippen LogP contribution in [-0.2, 0) is 10.3 Å². The maximum Gasteiger partial charge on any atom is 0.411 e. The lowest BCUT2D eigenvalue weighted by atomic mass is 9.80. The summed E-state index contributed by atoms with van der Waals surface area (Å²) in [6.07, 6.45) is 3.66. The van der Waals surface area contributed by atoms with Gasteiger partial charge in [-0.25, -0.2) is 9.59 Å².